The Hall–Kier alpha value is -3.74. The lowest BCUT2D eigenvalue weighted by atomic mass is 10.1. The molecule has 1 aliphatic rings. The highest BCUT2D eigenvalue weighted by Crippen LogP contribution is 2.28. The molecule has 0 atom stereocenters. The van der Waals surface area contributed by atoms with E-state index in [1.165, 1.54) is 6.26 Å². The molecule has 1 saturated heterocycles. The van der Waals surface area contributed by atoms with Crippen molar-refractivity contribution in [2.45, 2.75) is 0 Å². The number of hydrogen-bond donors (Lipinski definition) is 1. The van der Waals surface area contributed by atoms with E-state index in [4.69, 9.17) is 9.15 Å². The predicted octanol–water partition coefficient (Wildman–Crippen LogP) is 3.50. The van der Waals surface area contributed by atoms with Crippen molar-refractivity contribution in [3.63, 3.8) is 0 Å². The first-order valence-corrected chi connectivity index (χ1v) is 9.78. The average molecular weight is 405 g/mol. The lowest BCUT2D eigenvalue weighted by molar-refractivity contribution is 0.0746. The van der Waals surface area contributed by atoms with E-state index in [1.54, 1.807) is 43.5 Å². The number of carbonyl (C=O) groups excluding carboxylic acids is 2. The van der Waals surface area contributed by atoms with Crippen LogP contribution < -0.4 is 15.0 Å². The van der Waals surface area contributed by atoms with Gasteiger partial charge in [-0.15, -0.1) is 0 Å². The van der Waals surface area contributed by atoms with Gasteiger partial charge in [0.15, 0.2) is 5.76 Å². The van der Waals surface area contributed by atoms with Gasteiger partial charge in [0, 0.05) is 37.4 Å². The third kappa shape index (κ3) is 4.15. The number of anilines is 2. The maximum Gasteiger partial charge on any atom is 0.291 e. The fourth-order valence-electron chi connectivity index (χ4n) is 3.55. The highest BCUT2D eigenvalue weighted by Gasteiger charge is 2.24. The van der Waals surface area contributed by atoms with Crippen LogP contribution in [-0.2, 0) is 0 Å². The van der Waals surface area contributed by atoms with E-state index in [2.05, 4.69) is 10.2 Å². The van der Waals surface area contributed by atoms with Gasteiger partial charge in [0.1, 0.15) is 5.75 Å². The van der Waals surface area contributed by atoms with Crippen molar-refractivity contribution in [1.29, 1.82) is 0 Å². The third-order valence-corrected chi connectivity index (χ3v) is 5.11. The number of hydrogen-bond acceptors (Lipinski definition) is 5. The fourth-order valence-corrected chi connectivity index (χ4v) is 3.55. The molecule has 0 unspecified atom stereocenters. The summed E-state index contributed by atoms with van der Waals surface area (Å²) in [5.74, 6) is 0.648. The largest absolute Gasteiger partial charge is 0.495 e. The Morgan fingerprint density at radius 3 is 2.50 bits per heavy atom. The molecular weight excluding hydrogens is 382 g/mol. The van der Waals surface area contributed by atoms with Crippen LogP contribution in [0.25, 0.3) is 0 Å². The number of amides is 2. The first-order chi connectivity index (χ1) is 14.7. The number of furan rings is 1. The summed E-state index contributed by atoms with van der Waals surface area (Å²) in [5, 5.41) is 2.76. The molecule has 0 radical (unpaired) electrons. The standard InChI is InChI=1S/C23H23N3O4/c1-29-20-9-3-2-8-19(20)25-11-13-26(14-12-25)23(28)17-6-4-7-18(16-17)24-22(27)21-10-5-15-30-21/h2-10,15-16H,11-14H2,1H3,(H,24,27). The predicted molar refractivity (Wildman–Crippen MR) is 114 cm³/mol. The van der Waals surface area contributed by atoms with Gasteiger partial charge in [-0.05, 0) is 42.5 Å². The Kier molecular flexibility index (Phi) is 5.70. The number of piperazine rings is 1. The second-order valence-corrected chi connectivity index (χ2v) is 6.96. The number of carbonyl (C=O) groups is 2. The Bertz CT molecular complexity index is 1020. The SMILES string of the molecule is COc1ccccc1N1CCN(C(=O)c2cccc(NC(=O)c3ccco3)c2)CC1. The van der Waals surface area contributed by atoms with Gasteiger partial charge in [-0.1, -0.05) is 18.2 Å². The lowest BCUT2D eigenvalue weighted by Gasteiger charge is -2.36. The van der Waals surface area contributed by atoms with Gasteiger partial charge in [-0.2, -0.15) is 0 Å². The highest BCUT2D eigenvalue weighted by atomic mass is 16.5. The van der Waals surface area contributed by atoms with E-state index in [0.29, 0.717) is 24.3 Å². The molecule has 1 N–H and O–H groups in total. The molecule has 2 amide bonds. The molecule has 0 saturated carbocycles. The first-order valence-electron chi connectivity index (χ1n) is 9.78. The Morgan fingerprint density at radius 1 is 0.967 bits per heavy atom. The molecular formula is C23H23N3O4. The van der Waals surface area contributed by atoms with E-state index in [0.717, 1.165) is 24.5 Å². The molecule has 4 rings (SSSR count). The van der Waals surface area contributed by atoms with Gasteiger partial charge >= 0.3 is 0 Å². The van der Waals surface area contributed by atoms with Crippen LogP contribution in [0, 0.1) is 0 Å². The molecule has 7 heteroatoms. The van der Waals surface area contributed by atoms with Crippen LogP contribution in [0.5, 0.6) is 5.75 Å². The van der Waals surface area contributed by atoms with Gasteiger partial charge in [0.25, 0.3) is 11.8 Å². The number of ether oxygens (including phenoxy) is 1. The number of methoxy groups -OCH3 is 1. The highest BCUT2D eigenvalue weighted by molar-refractivity contribution is 6.03. The molecule has 30 heavy (non-hydrogen) atoms. The Morgan fingerprint density at radius 2 is 1.77 bits per heavy atom. The maximum atomic E-state index is 13.0. The molecule has 1 fully saturated rings. The van der Waals surface area contributed by atoms with Crippen LogP contribution in [0.1, 0.15) is 20.9 Å². The molecule has 1 aromatic heterocycles. The van der Waals surface area contributed by atoms with Crippen LogP contribution in [-0.4, -0.2) is 50.0 Å². The van der Waals surface area contributed by atoms with Gasteiger partial charge in [-0.3, -0.25) is 9.59 Å². The smallest absolute Gasteiger partial charge is 0.291 e. The monoisotopic (exact) mass is 405 g/mol. The first kappa shape index (κ1) is 19.6. The van der Waals surface area contributed by atoms with Crippen molar-refractivity contribution in [2.24, 2.45) is 0 Å². The van der Waals surface area contributed by atoms with Crippen LogP contribution in [0.15, 0.2) is 71.3 Å². The van der Waals surface area contributed by atoms with Gasteiger partial charge in [-0.25, -0.2) is 0 Å². The summed E-state index contributed by atoms with van der Waals surface area (Å²) in [6.45, 7) is 2.67. The van der Waals surface area contributed by atoms with E-state index < -0.39 is 0 Å². The van der Waals surface area contributed by atoms with Crippen molar-refractivity contribution in [1.82, 2.24) is 4.90 Å². The second kappa shape index (κ2) is 8.73. The summed E-state index contributed by atoms with van der Waals surface area (Å²) >= 11 is 0. The number of nitrogens with zero attached hydrogens (tertiary/aromatic N) is 2. The van der Waals surface area contributed by atoms with Crippen molar-refractivity contribution >= 4 is 23.2 Å². The van der Waals surface area contributed by atoms with E-state index >= 15 is 0 Å². The zero-order valence-electron chi connectivity index (χ0n) is 16.7. The Balaban J connectivity index is 1.40. The molecule has 0 spiro atoms. The number of benzene rings is 2. The molecule has 2 heterocycles. The summed E-state index contributed by atoms with van der Waals surface area (Å²) in [5.41, 5.74) is 2.13. The molecule has 154 valence electrons. The normalized spacial score (nSPS) is 13.8. The minimum Gasteiger partial charge on any atom is -0.495 e. The molecule has 0 bridgehead atoms. The minimum atomic E-state index is -0.352. The summed E-state index contributed by atoms with van der Waals surface area (Å²) < 4.78 is 10.6. The Labute approximate surface area is 174 Å². The van der Waals surface area contributed by atoms with Crippen molar-refractivity contribution < 1.29 is 18.7 Å². The van der Waals surface area contributed by atoms with E-state index in [9.17, 15) is 9.59 Å². The molecule has 1 aliphatic heterocycles. The van der Waals surface area contributed by atoms with Gasteiger partial charge in [0.2, 0.25) is 0 Å². The number of rotatable bonds is 5. The van der Waals surface area contributed by atoms with Gasteiger partial charge < -0.3 is 24.3 Å². The second-order valence-electron chi connectivity index (χ2n) is 6.96. The summed E-state index contributed by atoms with van der Waals surface area (Å²) in [6, 6.07) is 18.1. The quantitative estimate of drug-likeness (QED) is 0.703. The molecule has 3 aromatic rings. The molecule has 7 nitrogen and oxygen atoms in total. The van der Waals surface area contributed by atoms with Crippen LogP contribution in [0.4, 0.5) is 11.4 Å². The number of nitrogens with one attached hydrogen (secondary N) is 1. The van der Waals surface area contributed by atoms with Crippen LogP contribution in [0.3, 0.4) is 0 Å². The van der Waals surface area contributed by atoms with Crippen molar-refractivity contribution in [3.05, 3.63) is 78.3 Å². The minimum absolute atomic E-state index is 0.0521. The lowest BCUT2D eigenvalue weighted by Crippen LogP contribution is -2.48. The van der Waals surface area contributed by atoms with Crippen molar-refractivity contribution in [2.75, 3.05) is 43.5 Å². The third-order valence-electron chi connectivity index (χ3n) is 5.11. The zero-order chi connectivity index (χ0) is 20.9. The van der Waals surface area contributed by atoms with E-state index in [-0.39, 0.29) is 17.6 Å². The average Bonchev–Trinajstić information content (AvgIpc) is 3.34. The maximum absolute atomic E-state index is 13.0. The topological polar surface area (TPSA) is 75.0 Å². The van der Waals surface area contributed by atoms with Crippen molar-refractivity contribution in [3.8, 4) is 5.75 Å². The number of para-hydroxylation sites is 2. The molecule has 2 aromatic carbocycles. The fraction of sp³-hybridized carbons (Fsp3) is 0.217. The van der Waals surface area contributed by atoms with E-state index in [1.807, 2.05) is 29.2 Å². The summed E-state index contributed by atoms with van der Waals surface area (Å²) in [6.07, 6.45) is 1.44. The van der Waals surface area contributed by atoms with Gasteiger partial charge in [0.05, 0.1) is 19.1 Å². The summed E-state index contributed by atoms with van der Waals surface area (Å²) in [4.78, 5) is 29.2. The van der Waals surface area contributed by atoms with Crippen LogP contribution in [0.2, 0.25) is 0 Å². The zero-order valence-corrected chi connectivity index (χ0v) is 16.7. The summed E-state index contributed by atoms with van der Waals surface area (Å²) in [7, 11) is 1.66. The van der Waals surface area contributed by atoms with Crippen LogP contribution >= 0.6 is 0 Å². The molecule has 0 aliphatic carbocycles.